The van der Waals surface area contributed by atoms with Crippen molar-refractivity contribution in [1.82, 2.24) is 4.90 Å². The van der Waals surface area contributed by atoms with E-state index in [0.717, 1.165) is 32.4 Å². The Labute approximate surface area is 105 Å². The highest BCUT2D eigenvalue weighted by Crippen LogP contribution is 2.40. The van der Waals surface area contributed by atoms with Crippen molar-refractivity contribution in [2.75, 3.05) is 13.1 Å². The Morgan fingerprint density at radius 3 is 2.28 bits per heavy atom. The molecule has 0 saturated carbocycles. The lowest BCUT2D eigenvalue weighted by atomic mass is 9.82. The van der Waals surface area contributed by atoms with Gasteiger partial charge in [-0.2, -0.15) is 0 Å². The van der Waals surface area contributed by atoms with E-state index < -0.39 is 23.9 Å². The van der Waals surface area contributed by atoms with E-state index in [1.165, 1.54) is 0 Å². The van der Waals surface area contributed by atoms with Crippen LogP contribution in [0.2, 0.25) is 0 Å². The van der Waals surface area contributed by atoms with Gasteiger partial charge in [0, 0.05) is 13.1 Å². The fraction of sp³-hybridized carbons (Fsp3) is 0.692. The fourth-order valence-corrected chi connectivity index (χ4v) is 3.22. The number of carbonyl (C=O) groups is 2. The number of carbonyl (C=O) groups excluding carboxylic acids is 1. The Hall–Kier alpha value is -1.36. The van der Waals surface area contributed by atoms with Crippen LogP contribution in [-0.2, 0) is 14.3 Å². The largest absolute Gasteiger partial charge is 0.481 e. The number of carboxylic acid groups (broad SMARTS) is 1. The van der Waals surface area contributed by atoms with Crippen LogP contribution in [0.3, 0.4) is 0 Å². The van der Waals surface area contributed by atoms with E-state index in [4.69, 9.17) is 4.74 Å². The monoisotopic (exact) mass is 251 g/mol. The normalized spacial score (nSPS) is 38.1. The minimum Gasteiger partial charge on any atom is -0.481 e. The molecule has 5 nitrogen and oxygen atoms in total. The Morgan fingerprint density at radius 2 is 1.67 bits per heavy atom. The van der Waals surface area contributed by atoms with Crippen molar-refractivity contribution < 1.29 is 19.4 Å². The summed E-state index contributed by atoms with van der Waals surface area (Å²) in [6.07, 6.45) is 6.01. The summed E-state index contributed by atoms with van der Waals surface area (Å²) in [6.45, 7) is 1.51. The molecule has 0 aromatic carbocycles. The van der Waals surface area contributed by atoms with Crippen molar-refractivity contribution in [3.63, 3.8) is 0 Å². The SMILES string of the molecule is O=C(O)[C@@H]1[C@H](C(=O)N2CCCCC2)[C@H]2C=C[C@H]1O2. The Kier molecular flexibility index (Phi) is 2.86. The molecule has 3 heterocycles. The number of rotatable bonds is 2. The van der Waals surface area contributed by atoms with Crippen LogP contribution in [-0.4, -0.2) is 47.2 Å². The van der Waals surface area contributed by atoms with Crippen molar-refractivity contribution in [3.05, 3.63) is 12.2 Å². The zero-order chi connectivity index (χ0) is 12.7. The number of likely N-dealkylation sites (tertiary alicyclic amines) is 1. The first kappa shape index (κ1) is 11.7. The van der Waals surface area contributed by atoms with Gasteiger partial charge in [-0.15, -0.1) is 0 Å². The number of aliphatic carboxylic acids is 1. The third-order valence-electron chi connectivity index (χ3n) is 4.14. The lowest BCUT2D eigenvalue weighted by Gasteiger charge is -2.31. The molecular weight excluding hydrogens is 234 g/mol. The highest BCUT2D eigenvalue weighted by atomic mass is 16.5. The van der Waals surface area contributed by atoms with E-state index in [2.05, 4.69) is 0 Å². The molecular formula is C13H17NO4. The second-order valence-electron chi connectivity index (χ2n) is 5.23. The number of ether oxygens (including phenoxy) is 1. The highest BCUT2D eigenvalue weighted by molar-refractivity contribution is 5.87. The van der Waals surface area contributed by atoms with Crippen LogP contribution >= 0.6 is 0 Å². The average Bonchev–Trinajstić information content (AvgIpc) is 2.99. The molecule has 3 aliphatic heterocycles. The van der Waals surface area contributed by atoms with E-state index in [9.17, 15) is 14.7 Å². The molecule has 3 rings (SSSR count). The molecule has 98 valence electrons. The topological polar surface area (TPSA) is 66.8 Å². The summed E-state index contributed by atoms with van der Waals surface area (Å²) in [4.78, 5) is 25.6. The van der Waals surface area contributed by atoms with Crippen LogP contribution in [0.1, 0.15) is 19.3 Å². The Balaban J connectivity index is 1.79. The van der Waals surface area contributed by atoms with Crippen molar-refractivity contribution >= 4 is 11.9 Å². The standard InChI is InChI=1S/C13H17NO4/c15-12(14-6-2-1-3-7-14)10-8-4-5-9(18-8)11(10)13(16)17/h4-5,8-11H,1-3,6-7H2,(H,16,17)/t8-,9-,10-,11+/m1/s1. The molecule has 0 unspecified atom stereocenters. The molecule has 2 bridgehead atoms. The van der Waals surface area contributed by atoms with Crippen molar-refractivity contribution in [3.8, 4) is 0 Å². The smallest absolute Gasteiger partial charge is 0.310 e. The molecule has 0 aliphatic carbocycles. The average molecular weight is 251 g/mol. The maximum atomic E-state index is 12.5. The van der Waals surface area contributed by atoms with Crippen LogP contribution in [0, 0.1) is 11.8 Å². The molecule has 5 heteroatoms. The van der Waals surface area contributed by atoms with Gasteiger partial charge in [0.2, 0.25) is 5.91 Å². The predicted molar refractivity (Wildman–Crippen MR) is 62.8 cm³/mol. The highest BCUT2D eigenvalue weighted by Gasteiger charge is 2.54. The molecule has 4 atom stereocenters. The fourth-order valence-electron chi connectivity index (χ4n) is 3.22. The number of hydrogen-bond acceptors (Lipinski definition) is 3. The molecule has 2 saturated heterocycles. The summed E-state index contributed by atoms with van der Waals surface area (Å²) in [5.41, 5.74) is 0. The molecule has 0 aromatic rings. The first-order valence-corrected chi connectivity index (χ1v) is 6.54. The predicted octanol–water partition coefficient (Wildman–Crippen LogP) is 0.653. The van der Waals surface area contributed by atoms with Crippen LogP contribution in [0.5, 0.6) is 0 Å². The molecule has 0 aromatic heterocycles. The minimum absolute atomic E-state index is 0.0426. The number of carboxylic acids is 1. The summed E-state index contributed by atoms with van der Waals surface area (Å²) < 4.78 is 5.53. The van der Waals surface area contributed by atoms with Gasteiger partial charge < -0.3 is 14.7 Å². The van der Waals surface area contributed by atoms with E-state index in [-0.39, 0.29) is 12.0 Å². The number of fused-ring (bicyclic) bond motifs is 2. The second-order valence-corrected chi connectivity index (χ2v) is 5.23. The molecule has 0 spiro atoms. The van der Waals surface area contributed by atoms with E-state index in [0.29, 0.717) is 0 Å². The molecule has 0 radical (unpaired) electrons. The lowest BCUT2D eigenvalue weighted by molar-refractivity contribution is -0.149. The van der Waals surface area contributed by atoms with Gasteiger partial charge in [0.1, 0.15) is 5.92 Å². The maximum absolute atomic E-state index is 12.5. The first-order valence-electron chi connectivity index (χ1n) is 6.54. The van der Waals surface area contributed by atoms with Gasteiger partial charge in [-0.25, -0.2) is 0 Å². The summed E-state index contributed by atoms with van der Waals surface area (Å²) in [7, 11) is 0. The van der Waals surface area contributed by atoms with Crippen molar-refractivity contribution in [2.45, 2.75) is 31.5 Å². The second kappa shape index (κ2) is 4.39. The van der Waals surface area contributed by atoms with Gasteiger partial charge in [0.05, 0.1) is 18.1 Å². The Morgan fingerprint density at radius 1 is 1.06 bits per heavy atom. The molecule has 2 fully saturated rings. The summed E-state index contributed by atoms with van der Waals surface area (Å²) >= 11 is 0. The van der Waals surface area contributed by atoms with Gasteiger partial charge in [-0.3, -0.25) is 9.59 Å². The molecule has 18 heavy (non-hydrogen) atoms. The quantitative estimate of drug-likeness (QED) is 0.732. The van der Waals surface area contributed by atoms with E-state index in [1.807, 2.05) is 11.0 Å². The van der Waals surface area contributed by atoms with E-state index >= 15 is 0 Å². The number of amides is 1. The van der Waals surface area contributed by atoms with Gasteiger partial charge in [0.25, 0.3) is 0 Å². The molecule has 1 N–H and O–H groups in total. The summed E-state index contributed by atoms with van der Waals surface area (Å²) in [6, 6.07) is 0. The van der Waals surface area contributed by atoms with Gasteiger partial charge in [-0.05, 0) is 19.3 Å². The van der Waals surface area contributed by atoms with Crippen LogP contribution in [0.25, 0.3) is 0 Å². The minimum atomic E-state index is -0.929. The van der Waals surface area contributed by atoms with Crippen molar-refractivity contribution in [1.29, 1.82) is 0 Å². The van der Waals surface area contributed by atoms with Crippen LogP contribution < -0.4 is 0 Å². The maximum Gasteiger partial charge on any atom is 0.310 e. The van der Waals surface area contributed by atoms with E-state index in [1.54, 1.807) is 6.08 Å². The zero-order valence-corrected chi connectivity index (χ0v) is 10.1. The van der Waals surface area contributed by atoms with Gasteiger partial charge in [-0.1, -0.05) is 12.2 Å². The third-order valence-corrected chi connectivity index (χ3v) is 4.14. The summed E-state index contributed by atoms with van der Waals surface area (Å²) in [5, 5.41) is 9.27. The molecule has 1 amide bonds. The number of hydrogen-bond donors (Lipinski definition) is 1. The van der Waals surface area contributed by atoms with Crippen LogP contribution in [0.15, 0.2) is 12.2 Å². The van der Waals surface area contributed by atoms with Crippen LogP contribution in [0.4, 0.5) is 0 Å². The summed E-state index contributed by atoms with van der Waals surface area (Å²) in [5.74, 6) is -2.22. The van der Waals surface area contributed by atoms with Gasteiger partial charge >= 0.3 is 5.97 Å². The first-order chi connectivity index (χ1) is 8.68. The molecule has 3 aliphatic rings. The lowest BCUT2D eigenvalue weighted by Crippen LogP contribution is -2.46. The van der Waals surface area contributed by atoms with Crippen molar-refractivity contribution in [2.24, 2.45) is 11.8 Å². The zero-order valence-electron chi connectivity index (χ0n) is 10.1. The number of piperidine rings is 1. The number of nitrogens with zero attached hydrogens (tertiary/aromatic N) is 1. The Bertz CT molecular complexity index is 400. The van der Waals surface area contributed by atoms with Gasteiger partial charge in [0.15, 0.2) is 0 Å². The third kappa shape index (κ3) is 1.73.